The van der Waals surface area contributed by atoms with E-state index < -0.39 is 6.43 Å². The van der Waals surface area contributed by atoms with Crippen LogP contribution in [0.2, 0.25) is 0 Å². The van der Waals surface area contributed by atoms with Crippen LogP contribution in [0.5, 0.6) is 5.88 Å². The minimum atomic E-state index is -2.56. The molecule has 2 heterocycles. The number of hydrogen-bond donors (Lipinski definition) is 1. The van der Waals surface area contributed by atoms with Gasteiger partial charge >= 0.3 is 0 Å². The van der Waals surface area contributed by atoms with Crippen LogP contribution in [-0.2, 0) is 0 Å². The molecule has 0 spiro atoms. The lowest BCUT2D eigenvalue weighted by Crippen LogP contribution is -2.51. The first-order valence-electron chi connectivity index (χ1n) is 4.95. The van der Waals surface area contributed by atoms with E-state index in [1.165, 1.54) is 6.07 Å². The third kappa shape index (κ3) is 2.38. The maximum absolute atomic E-state index is 12.5. The van der Waals surface area contributed by atoms with Crippen molar-refractivity contribution in [2.24, 2.45) is 0 Å². The molecule has 1 aliphatic heterocycles. The maximum Gasteiger partial charge on any atom is 0.264 e. The van der Waals surface area contributed by atoms with Crippen LogP contribution >= 0.6 is 0 Å². The highest BCUT2D eigenvalue weighted by atomic mass is 19.3. The summed E-state index contributed by atoms with van der Waals surface area (Å²) in [6.07, 6.45) is -2.54. The molecule has 0 atom stereocenters. The summed E-state index contributed by atoms with van der Waals surface area (Å²) >= 11 is 0. The minimum absolute atomic E-state index is 0.0184. The zero-order valence-corrected chi connectivity index (χ0v) is 8.86. The first-order valence-corrected chi connectivity index (χ1v) is 4.95. The summed E-state index contributed by atoms with van der Waals surface area (Å²) in [6, 6.07) is 2.39. The van der Waals surface area contributed by atoms with Crippen molar-refractivity contribution in [1.29, 1.82) is 0 Å². The quantitative estimate of drug-likeness (QED) is 0.848. The van der Waals surface area contributed by atoms with Crippen molar-refractivity contribution in [3.63, 3.8) is 0 Å². The number of halogens is 2. The normalized spacial score (nSPS) is 17.5. The van der Waals surface area contributed by atoms with Gasteiger partial charge in [-0.1, -0.05) is 0 Å². The average Bonchev–Trinajstić information content (AvgIpc) is 2.14. The Bertz CT molecular complexity index is 380. The Morgan fingerprint density at radius 3 is 2.75 bits per heavy atom. The highest BCUT2D eigenvalue weighted by molar-refractivity contribution is 5.37. The van der Waals surface area contributed by atoms with Gasteiger partial charge in [-0.3, -0.25) is 4.90 Å². The molecule has 2 N–H and O–H groups in total. The summed E-state index contributed by atoms with van der Waals surface area (Å²) in [5.74, 6) is 0.230. The molecule has 6 heteroatoms. The van der Waals surface area contributed by atoms with Gasteiger partial charge in [-0.2, -0.15) is 4.98 Å². The zero-order chi connectivity index (χ0) is 11.7. The van der Waals surface area contributed by atoms with Crippen LogP contribution in [0.1, 0.15) is 12.0 Å². The van der Waals surface area contributed by atoms with Gasteiger partial charge in [-0.05, 0) is 13.1 Å². The van der Waals surface area contributed by atoms with Crippen molar-refractivity contribution in [2.75, 3.05) is 25.9 Å². The van der Waals surface area contributed by atoms with Crippen molar-refractivity contribution < 1.29 is 13.5 Å². The van der Waals surface area contributed by atoms with Gasteiger partial charge in [0.2, 0.25) is 5.88 Å². The van der Waals surface area contributed by atoms with Gasteiger partial charge in [0.05, 0.1) is 0 Å². The van der Waals surface area contributed by atoms with Crippen LogP contribution in [0.3, 0.4) is 0 Å². The van der Waals surface area contributed by atoms with E-state index in [0.29, 0.717) is 0 Å². The van der Waals surface area contributed by atoms with Crippen molar-refractivity contribution >= 4 is 5.82 Å². The third-order valence-corrected chi connectivity index (χ3v) is 2.41. The standard InChI is InChI=1S/C10H13F2N3O/c1-15-4-7(5-15)16-9-3-6(10(11)12)2-8(13)14-9/h2-3,7,10H,4-5H2,1H3,(H2,13,14). The van der Waals surface area contributed by atoms with Crippen molar-refractivity contribution in [3.05, 3.63) is 17.7 Å². The van der Waals surface area contributed by atoms with Crippen LogP contribution in [0.25, 0.3) is 0 Å². The molecule has 1 aromatic heterocycles. The predicted octanol–water partition coefficient (Wildman–Crippen LogP) is 1.29. The first-order chi connectivity index (χ1) is 7.54. The topological polar surface area (TPSA) is 51.4 Å². The smallest absolute Gasteiger partial charge is 0.264 e. The molecular weight excluding hydrogens is 216 g/mol. The maximum atomic E-state index is 12.5. The van der Waals surface area contributed by atoms with Gasteiger partial charge in [0.1, 0.15) is 11.9 Å². The second kappa shape index (κ2) is 4.21. The summed E-state index contributed by atoms with van der Waals surface area (Å²) < 4.78 is 30.4. The fourth-order valence-electron chi connectivity index (χ4n) is 1.62. The largest absolute Gasteiger partial charge is 0.472 e. The molecule has 0 unspecified atom stereocenters. The predicted molar refractivity (Wildman–Crippen MR) is 55.5 cm³/mol. The number of nitrogens with zero attached hydrogens (tertiary/aromatic N) is 2. The third-order valence-electron chi connectivity index (χ3n) is 2.41. The van der Waals surface area contributed by atoms with E-state index in [-0.39, 0.29) is 23.4 Å². The van der Waals surface area contributed by atoms with Crippen LogP contribution in [0.15, 0.2) is 12.1 Å². The van der Waals surface area contributed by atoms with E-state index in [1.54, 1.807) is 0 Å². The second-order valence-electron chi connectivity index (χ2n) is 3.93. The van der Waals surface area contributed by atoms with E-state index >= 15 is 0 Å². The molecule has 0 aliphatic carbocycles. The highest BCUT2D eigenvalue weighted by Crippen LogP contribution is 2.25. The van der Waals surface area contributed by atoms with Crippen LogP contribution in [0.4, 0.5) is 14.6 Å². The monoisotopic (exact) mass is 229 g/mol. The average molecular weight is 229 g/mol. The Morgan fingerprint density at radius 2 is 2.19 bits per heavy atom. The van der Waals surface area contributed by atoms with E-state index in [4.69, 9.17) is 10.5 Å². The molecule has 0 aromatic carbocycles. The molecule has 0 amide bonds. The van der Waals surface area contributed by atoms with Gasteiger partial charge in [-0.25, -0.2) is 8.78 Å². The number of anilines is 1. The summed E-state index contributed by atoms with van der Waals surface area (Å²) in [4.78, 5) is 5.93. The summed E-state index contributed by atoms with van der Waals surface area (Å²) in [7, 11) is 1.96. The molecule has 88 valence electrons. The van der Waals surface area contributed by atoms with Crippen LogP contribution in [0, 0.1) is 0 Å². The Morgan fingerprint density at radius 1 is 1.50 bits per heavy atom. The van der Waals surface area contributed by atoms with Gasteiger partial charge in [0.15, 0.2) is 0 Å². The van der Waals surface area contributed by atoms with E-state index in [2.05, 4.69) is 9.88 Å². The van der Waals surface area contributed by atoms with Gasteiger partial charge in [0, 0.05) is 24.7 Å². The molecule has 1 aliphatic rings. The molecule has 16 heavy (non-hydrogen) atoms. The van der Waals surface area contributed by atoms with Gasteiger partial charge in [-0.15, -0.1) is 0 Å². The molecule has 4 nitrogen and oxygen atoms in total. The molecule has 0 saturated carbocycles. The summed E-state index contributed by atoms with van der Waals surface area (Å²) in [5, 5.41) is 0. The number of likely N-dealkylation sites (tertiary alicyclic amines) is 1. The van der Waals surface area contributed by atoms with Crippen LogP contribution in [-0.4, -0.2) is 36.1 Å². The Balaban J connectivity index is 2.08. The molecule has 2 rings (SSSR count). The number of likely N-dealkylation sites (N-methyl/N-ethyl adjacent to an activating group) is 1. The molecule has 1 saturated heterocycles. The van der Waals surface area contributed by atoms with E-state index in [0.717, 1.165) is 19.2 Å². The lowest BCUT2D eigenvalue weighted by atomic mass is 10.2. The molecule has 0 radical (unpaired) electrons. The number of nitrogens with two attached hydrogens (primary N) is 1. The fourth-order valence-corrected chi connectivity index (χ4v) is 1.62. The lowest BCUT2D eigenvalue weighted by molar-refractivity contribution is 0.0353. The van der Waals surface area contributed by atoms with E-state index in [1.807, 2.05) is 7.05 Å². The second-order valence-corrected chi connectivity index (χ2v) is 3.93. The number of ether oxygens (including phenoxy) is 1. The number of hydrogen-bond acceptors (Lipinski definition) is 4. The van der Waals surface area contributed by atoms with Gasteiger partial charge < -0.3 is 10.5 Å². The number of pyridine rings is 1. The van der Waals surface area contributed by atoms with Crippen molar-refractivity contribution in [3.8, 4) is 5.88 Å². The highest BCUT2D eigenvalue weighted by Gasteiger charge is 2.25. The number of rotatable bonds is 3. The summed E-state index contributed by atoms with van der Waals surface area (Å²) in [6.45, 7) is 1.56. The zero-order valence-electron chi connectivity index (χ0n) is 8.86. The van der Waals surface area contributed by atoms with E-state index in [9.17, 15) is 8.78 Å². The first kappa shape index (κ1) is 11.1. The number of alkyl halides is 2. The van der Waals surface area contributed by atoms with Crippen LogP contribution < -0.4 is 10.5 Å². The SMILES string of the molecule is CN1CC(Oc2cc(C(F)F)cc(N)n2)C1. The fraction of sp³-hybridized carbons (Fsp3) is 0.500. The van der Waals surface area contributed by atoms with Gasteiger partial charge in [0.25, 0.3) is 6.43 Å². The Hall–Kier alpha value is -1.43. The molecule has 1 fully saturated rings. The number of aromatic nitrogens is 1. The molecular formula is C10H13F2N3O. The Labute approximate surface area is 92.0 Å². The summed E-state index contributed by atoms with van der Waals surface area (Å²) in [5.41, 5.74) is 5.27. The lowest BCUT2D eigenvalue weighted by Gasteiger charge is -2.35. The minimum Gasteiger partial charge on any atom is -0.472 e. The molecule has 1 aromatic rings. The number of nitrogen functional groups attached to an aromatic ring is 1. The van der Waals surface area contributed by atoms with Crippen molar-refractivity contribution in [2.45, 2.75) is 12.5 Å². The van der Waals surface area contributed by atoms with Crippen molar-refractivity contribution in [1.82, 2.24) is 9.88 Å². The molecule has 0 bridgehead atoms. The Kier molecular flexibility index (Phi) is 2.91.